The molecular formula is C21H26N2O3S. The van der Waals surface area contributed by atoms with Crippen molar-refractivity contribution in [1.82, 2.24) is 9.80 Å². The average Bonchev–Trinajstić information content (AvgIpc) is 3.41. The van der Waals surface area contributed by atoms with Gasteiger partial charge in [-0.3, -0.25) is 9.69 Å². The van der Waals surface area contributed by atoms with Gasteiger partial charge in [-0.25, -0.2) is 0 Å². The Morgan fingerprint density at radius 2 is 2.00 bits per heavy atom. The van der Waals surface area contributed by atoms with Crippen molar-refractivity contribution >= 4 is 17.2 Å². The molecule has 0 bridgehead atoms. The van der Waals surface area contributed by atoms with Gasteiger partial charge < -0.3 is 14.4 Å². The van der Waals surface area contributed by atoms with Gasteiger partial charge in [0.05, 0.1) is 11.7 Å². The van der Waals surface area contributed by atoms with Gasteiger partial charge in [0.25, 0.3) is 5.91 Å². The summed E-state index contributed by atoms with van der Waals surface area (Å²) in [6.45, 7) is 5.61. The summed E-state index contributed by atoms with van der Waals surface area (Å²) in [4.78, 5) is 18.8. The number of benzene rings is 1. The third-order valence-corrected chi connectivity index (χ3v) is 6.05. The van der Waals surface area contributed by atoms with E-state index in [9.17, 15) is 4.79 Å². The fourth-order valence-electron chi connectivity index (χ4n) is 3.63. The minimum absolute atomic E-state index is 0.0636. The van der Waals surface area contributed by atoms with Gasteiger partial charge in [0.1, 0.15) is 12.4 Å². The number of hydrogen-bond donors (Lipinski definition) is 0. The van der Waals surface area contributed by atoms with Crippen molar-refractivity contribution in [1.29, 1.82) is 0 Å². The molecule has 0 saturated carbocycles. The van der Waals surface area contributed by atoms with Crippen LogP contribution in [0.5, 0.6) is 5.75 Å². The van der Waals surface area contributed by atoms with E-state index in [0.29, 0.717) is 17.9 Å². The monoisotopic (exact) mass is 386 g/mol. The van der Waals surface area contributed by atoms with Crippen LogP contribution in [0, 0.1) is 0 Å². The third-order valence-electron chi connectivity index (χ3n) is 5.19. The van der Waals surface area contributed by atoms with Crippen molar-refractivity contribution in [3.8, 4) is 5.75 Å². The van der Waals surface area contributed by atoms with E-state index in [1.165, 1.54) is 4.88 Å². The SMILES string of the molecule is O=C(c1ccccc1OC[C@H]1CCCO1)N1CCN(Cc2cccs2)CC1. The predicted molar refractivity (Wildman–Crippen MR) is 106 cm³/mol. The second-order valence-electron chi connectivity index (χ2n) is 7.09. The maximum absolute atomic E-state index is 13.0. The van der Waals surface area contributed by atoms with Crippen LogP contribution in [-0.2, 0) is 11.3 Å². The lowest BCUT2D eigenvalue weighted by molar-refractivity contribution is 0.0594. The zero-order valence-corrected chi connectivity index (χ0v) is 16.3. The van der Waals surface area contributed by atoms with E-state index in [4.69, 9.17) is 9.47 Å². The zero-order chi connectivity index (χ0) is 18.5. The molecule has 5 nitrogen and oxygen atoms in total. The number of para-hydroxylation sites is 1. The van der Waals surface area contributed by atoms with Crippen molar-refractivity contribution in [3.63, 3.8) is 0 Å². The lowest BCUT2D eigenvalue weighted by atomic mass is 10.1. The molecule has 0 aliphatic carbocycles. The summed E-state index contributed by atoms with van der Waals surface area (Å²) in [5, 5.41) is 2.11. The van der Waals surface area contributed by atoms with Crippen LogP contribution in [0.3, 0.4) is 0 Å². The molecule has 2 fully saturated rings. The normalized spacial score (nSPS) is 20.7. The Balaban J connectivity index is 1.34. The molecular weight excluding hydrogens is 360 g/mol. The van der Waals surface area contributed by atoms with Gasteiger partial charge in [-0.15, -0.1) is 11.3 Å². The van der Waals surface area contributed by atoms with Crippen LogP contribution in [0.2, 0.25) is 0 Å². The maximum atomic E-state index is 13.0. The number of piperazine rings is 1. The molecule has 2 aromatic rings. The topological polar surface area (TPSA) is 42.0 Å². The fourth-order valence-corrected chi connectivity index (χ4v) is 4.38. The van der Waals surface area contributed by atoms with Crippen LogP contribution in [0.15, 0.2) is 41.8 Å². The number of amides is 1. The standard InChI is InChI=1S/C21H26N2O3S/c24-21(23-11-9-22(10-12-23)15-18-6-4-14-27-18)19-7-1-2-8-20(19)26-16-17-5-3-13-25-17/h1-2,4,6-8,14,17H,3,5,9-13,15-16H2/t17-/m1/s1. The van der Waals surface area contributed by atoms with Gasteiger partial charge in [0.15, 0.2) is 0 Å². The molecule has 0 spiro atoms. The molecule has 2 saturated heterocycles. The summed E-state index contributed by atoms with van der Waals surface area (Å²) < 4.78 is 11.6. The zero-order valence-electron chi connectivity index (χ0n) is 15.5. The second-order valence-corrected chi connectivity index (χ2v) is 8.12. The highest BCUT2D eigenvalue weighted by Crippen LogP contribution is 2.23. The molecule has 0 radical (unpaired) electrons. The van der Waals surface area contributed by atoms with E-state index in [-0.39, 0.29) is 12.0 Å². The van der Waals surface area contributed by atoms with Crippen LogP contribution in [0.1, 0.15) is 28.1 Å². The summed E-state index contributed by atoms with van der Waals surface area (Å²) in [7, 11) is 0. The van der Waals surface area contributed by atoms with Gasteiger partial charge in [0.2, 0.25) is 0 Å². The Hall–Kier alpha value is -1.89. The molecule has 27 heavy (non-hydrogen) atoms. The predicted octanol–water partition coefficient (Wildman–Crippen LogP) is 3.26. The summed E-state index contributed by atoms with van der Waals surface area (Å²) in [5.74, 6) is 0.729. The van der Waals surface area contributed by atoms with E-state index < -0.39 is 0 Å². The molecule has 1 amide bonds. The van der Waals surface area contributed by atoms with Gasteiger partial charge >= 0.3 is 0 Å². The van der Waals surface area contributed by atoms with Crippen LogP contribution in [-0.4, -0.2) is 61.2 Å². The lowest BCUT2D eigenvalue weighted by Gasteiger charge is -2.34. The molecule has 0 unspecified atom stereocenters. The Labute approximate surface area is 164 Å². The first-order chi connectivity index (χ1) is 13.3. The Bertz CT molecular complexity index is 736. The molecule has 1 aromatic carbocycles. The molecule has 2 aliphatic rings. The van der Waals surface area contributed by atoms with Crippen LogP contribution in [0.25, 0.3) is 0 Å². The number of thiophene rings is 1. The largest absolute Gasteiger partial charge is 0.490 e. The van der Waals surface area contributed by atoms with Gasteiger partial charge in [0, 0.05) is 44.2 Å². The highest BCUT2D eigenvalue weighted by atomic mass is 32.1. The van der Waals surface area contributed by atoms with E-state index in [1.807, 2.05) is 29.2 Å². The van der Waals surface area contributed by atoms with Crippen LogP contribution >= 0.6 is 11.3 Å². The quantitative estimate of drug-likeness (QED) is 0.764. The fraction of sp³-hybridized carbons (Fsp3) is 0.476. The minimum Gasteiger partial charge on any atom is -0.490 e. The highest BCUT2D eigenvalue weighted by Gasteiger charge is 2.25. The molecule has 0 N–H and O–H groups in total. The number of rotatable bonds is 6. The highest BCUT2D eigenvalue weighted by molar-refractivity contribution is 7.09. The summed E-state index contributed by atoms with van der Waals surface area (Å²) in [6, 6.07) is 11.8. The van der Waals surface area contributed by atoms with E-state index >= 15 is 0 Å². The van der Waals surface area contributed by atoms with E-state index in [0.717, 1.165) is 52.2 Å². The summed E-state index contributed by atoms with van der Waals surface area (Å²) in [5.41, 5.74) is 0.655. The molecule has 4 rings (SSSR count). The first-order valence-electron chi connectivity index (χ1n) is 9.67. The Kier molecular flexibility index (Phi) is 6.07. The first-order valence-corrected chi connectivity index (χ1v) is 10.5. The Morgan fingerprint density at radius 3 is 2.74 bits per heavy atom. The average molecular weight is 387 g/mol. The first kappa shape index (κ1) is 18.5. The van der Waals surface area contributed by atoms with E-state index in [1.54, 1.807) is 11.3 Å². The molecule has 3 heterocycles. The van der Waals surface area contributed by atoms with Crippen molar-refractivity contribution in [2.24, 2.45) is 0 Å². The molecule has 6 heteroatoms. The van der Waals surface area contributed by atoms with Crippen molar-refractivity contribution in [2.75, 3.05) is 39.4 Å². The van der Waals surface area contributed by atoms with Crippen LogP contribution in [0.4, 0.5) is 0 Å². The molecule has 144 valence electrons. The third kappa shape index (κ3) is 4.69. The maximum Gasteiger partial charge on any atom is 0.257 e. The minimum atomic E-state index is 0.0636. The summed E-state index contributed by atoms with van der Waals surface area (Å²) >= 11 is 1.79. The smallest absolute Gasteiger partial charge is 0.257 e. The number of hydrogen-bond acceptors (Lipinski definition) is 5. The molecule has 1 aromatic heterocycles. The number of ether oxygens (including phenoxy) is 2. The number of carbonyl (C=O) groups is 1. The lowest BCUT2D eigenvalue weighted by Crippen LogP contribution is -2.48. The van der Waals surface area contributed by atoms with Gasteiger partial charge in [-0.05, 0) is 36.4 Å². The van der Waals surface area contributed by atoms with Crippen molar-refractivity contribution < 1.29 is 14.3 Å². The van der Waals surface area contributed by atoms with Crippen molar-refractivity contribution in [3.05, 3.63) is 52.2 Å². The Morgan fingerprint density at radius 1 is 1.15 bits per heavy atom. The number of carbonyl (C=O) groups excluding carboxylic acids is 1. The van der Waals surface area contributed by atoms with E-state index in [2.05, 4.69) is 22.4 Å². The van der Waals surface area contributed by atoms with Gasteiger partial charge in [-0.2, -0.15) is 0 Å². The van der Waals surface area contributed by atoms with Crippen LogP contribution < -0.4 is 4.74 Å². The molecule has 1 atom stereocenters. The summed E-state index contributed by atoms with van der Waals surface area (Å²) in [6.07, 6.45) is 2.26. The molecule has 2 aliphatic heterocycles. The second kappa shape index (κ2) is 8.87. The number of nitrogens with zero attached hydrogens (tertiary/aromatic N) is 2. The van der Waals surface area contributed by atoms with Gasteiger partial charge in [-0.1, -0.05) is 18.2 Å². The van der Waals surface area contributed by atoms with Crippen molar-refractivity contribution in [2.45, 2.75) is 25.5 Å².